The van der Waals surface area contributed by atoms with Crippen LogP contribution in [0.3, 0.4) is 0 Å². The molecule has 0 unspecified atom stereocenters. The first-order chi connectivity index (χ1) is 9.90. The van der Waals surface area contributed by atoms with Crippen LogP contribution in [0, 0.1) is 5.92 Å². The molecule has 0 aliphatic carbocycles. The van der Waals surface area contributed by atoms with Crippen LogP contribution >= 0.6 is 0 Å². The fourth-order valence-electron chi connectivity index (χ4n) is 2.37. The quantitative estimate of drug-likeness (QED) is 0.887. The summed E-state index contributed by atoms with van der Waals surface area (Å²) >= 11 is 0. The van der Waals surface area contributed by atoms with E-state index in [1.807, 2.05) is 0 Å². The molecule has 0 radical (unpaired) electrons. The van der Waals surface area contributed by atoms with Crippen molar-refractivity contribution in [2.75, 3.05) is 18.8 Å². The van der Waals surface area contributed by atoms with Gasteiger partial charge in [-0.3, -0.25) is 9.59 Å². The van der Waals surface area contributed by atoms with Crippen molar-refractivity contribution in [1.82, 2.24) is 4.90 Å². The third-order valence-corrected chi connectivity index (χ3v) is 5.16. The maximum Gasteiger partial charge on any atom is 0.308 e. The van der Waals surface area contributed by atoms with Crippen molar-refractivity contribution < 1.29 is 23.1 Å². The third-order valence-electron chi connectivity index (χ3n) is 3.54. The summed E-state index contributed by atoms with van der Waals surface area (Å²) in [6, 6.07) is 7.78. The fraction of sp³-hybridized carbons (Fsp3) is 0.429. The monoisotopic (exact) mass is 311 g/mol. The zero-order valence-corrected chi connectivity index (χ0v) is 12.3. The van der Waals surface area contributed by atoms with Gasteiger partial charge in [0.2, 0.25) is 5.91 Å². The molecule has 1 aliphatic rings. The predicted molar refractivity (Wildman–Crippen MR) is 75.4 cm³/mol. The van der Waals surface area contributed by atoms with E-state index >= 15 is 0 Å². The first kappa shape index (κ1) is 15.5. The van der Waals surface area contributed by atoms with Crippen molar-refractivity contribution in [3.63, 3.8) is 0 Å². The molecule has 1 atom stereocenters. The van der Waals surface area contributed by atoms with E-state index in [1.54, 1.807) is 18.2 Å². The molecule has 1 saturated heterocycles. The molecule has 0 aromatic heterocycles. The molecule has 1 heterocycles. The number of hydrogen-bond acceptors (Lipinski definition) is 4. The number of likely N-dealkylation sites (tertiary alicyclic amines) is 1. The predicted octanol–water partition coefficient (Wildman–Crippen LogP) is 0.783. The van der Waals surface area contributed by atoms with E-state index in [1.165, 1.54) is 17.0 Å². The third kappa shape index (κ3) is 3.81. The van der Waals surface area contributed by atoms with E-state index in [0.29, 0.717) is 19.4 Å². The van der Waals surface area contributed by atoms with Gasteiger partial charge in [-0.15, -0.1) is 0 Å². The fourth-order valence-corrected chi connectivity index (χ4v) is 3.62. The zero-order chi connectivity index (χ0) is 15.5. The molecule has 1 fully saturated rings. The van der Waals surface area contributed by atoms with Gasteiger partial charge in [0.25, 0.3) is 0 Å². The number of carboxylic acid groups (broad SMARTS) is 1. The SMILES string of the molecule is O=C(O)[C@H]1CCCN(C(=O)CS(=O)(=O)c2ccccc2)C1. The summed E-state index contributed by atoms with van der Waals surface area (Å²) in [5.41, 5.74) is 0. The highest BCUT2D eigenvalue weighted by Crippen LogP contribution is 2.18. The van der Waals surface area contributed by atoms with Crippen LogP contribution in [-0.2, 0) is 19.4 Å². The molecule has 1 aliphatic heterocycles. The number of benzene rings is 1. The van der Waals surface area contributed by atoms with Gasteiger partial charge in [0.05, 0.1) is 10.8 Å². The van der Waals surface area contributed by atoms with Gasteiger partial charge in [-0.2, -0.15) is 0 Å². The maximum atomic E-state index is 12.1. The summed E-state index contributed by atoms with van der Waals surface area (Å²) in [6.07, 6.45) is 1.10. The van der Waals surface area contributed by atoms with Crippen LogP contribution in [0.25, 0.3) is 0 Å². The molecule has 2 rings (SSSR count). The van der Waals surface area contributed by atoms with Crippen molar-refractivity contribution >= 4 is 21.7 Å². The molecule has 6 nitrogen and oxygen atoms in total. The number of amides is 1. The van der Waals surface area contributed by atoms with Gasteiger partial charge in [-0.1, -0.05) is 18.2 Å². The first-order valence-corrected chi connectivity index (χ1v) is 8.34. The van der Waals surface area contributed by atoms with Crippen LogP contribution in [-0.4, -0.2) is 49.1 Å². The molecule has 21 heavy (non-hydrogen) atoms. The summed E-state index contributed by atoms with van der Waals surface area (Å²) < 4.78 is 24.3. The smallest absolute Gasteiger partial charge is 0.308 e. The molecule has 7 heteroatoms. The Bertz CT molecular complexity index is 626. The Morgan fingerprint density at radius 3 is 2.52 bits per heavy atom. The minimum absolute atomic E-state index is 0.0818. The highest BCUT2D eigenvalue weighted by atomic mass is 32.2. The van der Waals surface area contributed by atoms with E-state index in [-0.39, 0.29) is 11.4 Å². The van der Waals surface area contributed by atoms with Crippen LogP contribution in [0.2, 0.25) is 0 Å². The number of rotatable bonds is 4. The average molecular weight is 311 g/mol. The Labute approximate surface area is 123 Å². The Morgan fingerprint density at radius 1 is 1.24 bits per heavy atom. The van der Waals surface area contributed by atoms with Gasteiger partial charge < -0.3 is 10.0 Å². The number of carbonyl (C=O) groups is 2. The first-order valence-electron chi connectivity index (χ1n) is 6.68. The second-order valence-corrected chi connectivity index (χ2v) is 7.08. The van der Waals surface area contributed by atoms with Crippen LogP contribution in [0.15, 0.2) is 35.2 Å². The molecule has 0 bridgehead atoms. The molecule has 114 valence electrons. The van der Waals surface area contributed by atoms with Gasteiger partial charge in [0, 0.05) is 13.1 Å². The lowest BCUT2D eigenvalue weighted by Gasteiger charge is -2.30. The van der Waals surface area contributed by atoms with Crippen molar-refractivity contribution in [3.05, 3.63) is 30.3 Å². The number of nitrogens with zero attached hydrogens (tertiary/aromatic N) is 1. The minimum atomic E-state index is -3.69. The summed E-state index contributed by atoms with van der Waals surface area (Å²) in [6.45, 7) is 0.491. The zero-order valence-electron chi connectivity index (χ0n) is 11.4. The number of carbonyl (C=O) groups excluding carboxylic acids is 1. The normalized spacial score (nSPS) is 19.2. The number of hydrogen-bond donors (Lipinski definition) is 1. The second-order valence-electron chi connectivity index (χ2n) is 5.09. The largest absolute Gasteiger partial charge is 0.481 e. The van der Waals surface area contributed by atoms with E-state index in [9.17, 15) is 18.0 Å². The van der Waals surface area contributed by atoms with Crippen LogP contribution in [0.1, 0.15) is 12.8 Å². The number of carboxylic acids is 1. The van der Waals surface area contributed by atoms with Gasteiger partial charge in [0.15, 0.2) is 9.84 Å². The van der Waals surface area contributed by atoms with Gasteiger partial charge in [-0.05, 0) is 25.0 Å². The Kier molecular flexibility index (Phi) is 4.62. The Morgan fingerprint density at radius 2 is 1.90 bits per heavy atom. The molecule has 1 N–H and O–H groups in total. The molecule has 1 aromatic carbocycles. The van der Waals surface area contributed by atoms with E-state index in [0.717, 1.165) is 0 Å². The Balaban J connectivity index is 2.06. The van der Waals surface area contributed by atoms with Gasteiger partial charge in [-0.25, -0.2) is 8.42 Å². The van der Waals surface area contributed by atoms with Crippen molar-refractivity contribution in [3.8, 4) is 0 Å². The van der Waals surface area contributed by atoms with Crippen LogP contribution in [0.5, 0.6) is 0 Å². The number of sulfone groups is 1. The number of aliphatic carboxylic acids is 1. The lowest BCUT2D eigenvalue weighted by atomic mass is 9.98. The van der Waals surface area contributed by atoms with Crippen LogP contribution < -0.4 is 0 Å². The Hall–Kier alpha value is -1.89. The van der Waals surface area contributed by atoms with Crippen molar-refractivity contribution in [2.45, 2.75) is 17.7 Å². The number of piperidine rings is 1. The molecular weight excluding hydrogens is 294 g/mol. The summed E-state index contributed by atoms with van der Waals surface area (Å²) in [5, 5.41) is 8.99. The molecule has 1 amide bonds. The maximum absolute atomic E-state index is 12.1. The average Bonchev–Trinajstić information content (AvgIpc) is 2.48. The topological polar surface area (TPSA) is 91.8 Å². The molecule has 0 spiro atoms. The van der Waals surface area contributed by atoms with Gasteiger partial charge in [0.1, 0.15) is 5.75 Å². The lowest BCUT2D eigenvalue weighted by molar-refractivity contribution is -0.145. The second kappa shape index (κ2) is 6.26. The van der Waals surface area contributed by atoms with Crippen molar-refractivity contribution in [2.24, 2.45) is 5.92 Å². The summed E-state index contributed by atoms with van der Waals surface area (Å²) in [5.74, 6) is -2.71. The van der Waals surface area contributed by atoms with E-state index < -0.39 is 33.4 Å². The van der Waals surface area contributed by atoms with E-state index in [2.05, 4.69) is 0 Å². The van der Waals surface area contributed by atoms with E-state index in [4.69, 9.17) is 5.11 Å². The molecular formula is C14H17NO5S. The summed E-state index contributed by atoms with van der Waals surface area (Å²) in [7, 11) is -3.69. The molecule has 0 saturated carbocycles. The minimum Gasteiger partial charge on any atom is -0.481 e. The highest BCUT2D eigenvalue weighted by Gasteiger charge is 2.30. The lowest BCUT2D eigenvalue weighted by Crippen LogP contribution is -2.44. The van der Waals surface area contributed by atoms with Crippen molar-refractivity contribution in [1.29, 1.82) is 0 Å². The summed E-state index contributed by atoms with van der Waals surface area (Å²) in [4.78, 5) is 24.5. The van der Waals surface area contributed by atoms with Crippen LogP contribution in [0.4, 0.5) is 0 Å². The van der Waals surface area contributed by atoms with Gasteiger partial charge >= 0.3 is 5.97 Å². The standard InChI is InChI=1S/C14H17NO5S/c16-13(15-8-4-5-11(9-15)14(17)18)10-21(19,20)12-6-2-1-3-7-12/h1-3,6-7,11H,4-5,8-10H2,(H,17,18)/t11-/m0/s1. The highest BCUT2D eigenvalue weighted by molar-refractivity contribution is 7.92. The molecule has 1 aromatic rings.